The summed E-state index contributed by atoms with van der Waals surface area (Å²) in [7, 11) is 0. The second-order valence-corrected chi connectivity index (χ2v) is 10.2. The summed E-state index contributed by atoms with van der Waals surface area (Å²) in [5, 5.41) is 3.45. The van der Waals surface area contributed by atoms with E-state index in [-0.39, 0.29) is 5.91 Å². The Morgan fingerprint density at radius 1 is 0.941 bits per heavy atom. The molecule has 5 heteroatoms. The van der Waals surface area contributed by atoms with Crippen molar-refractivity contribution < 1.29 is 4.79 Å². The monoisotopic (exact) mass is 454 g/mol. The number of fused-ring (bicyclic) bond motifs is 1. The van der Waals surface area contributed by atoms with Gasteiger partial charge in [0, 0.05) is 49.3 Å². The van der Waals surface area contributed by atoms with Crippen LogP contribution in [0.5, 0.6) is 0 Å². The molecule has 3 aliphatic rings. The molecule has 3 aromatic rings. The van der Waals surface area contributed by atoms with Crippen LogP contribution in [0.3, 0.4) is 0 Å². The standard InChI is InChI=1S/C29H34N4O/c34-29-28-10-7-24(18-25(28)21-33(29)27-4-3-13-30-19-27)23-11-16-31(17-12-23)20-22-5-8-26(9-6-22)32-14-1-2-15-32/h1-2,5-10,14-15,18,23,27,30H,3-4,11-13,16-17,19-21H2. The molecule has 176 valence electrons. The Morgan fingerprint density at radius 2 is 1.74 bits per heavy atom. The molecule has 0 bridgehead atoms. The molecule has 0 radical (unpaired) electrons. The van der Waals surface area contributed by atoms with Gasteiger partial charge in [-0.05, 0) is 98.3 Å². The third-order valence-electron chi connectivity index (χ3n) is 7.98. The highest BCUT2D eigenvalue weighted by molar-refractivity contribution is 5.98. The second-order valence-electron chi connectivity index (χ2n) is 10.2. The first-order valence-corrected chi connectivity index (χ1v) is 12.8. The largest absolute Gasteiger partial charge is 0.330 e. The summed E-state index contributed by atoms with van der Waals surface area (Å²) >= 11 is 0. The van der Waals surface area contributed by atoms with E-state index in [9.17, 15) is 4.79 Å². The minimum atomic E-state index is 0.230. The van der Waals surface area contributed by atoms with Gasteiger partial charge in [-0.15, -0.1) is 0 Å². The van der Waals surface area contributed by atoms with E-state index in [1.165, 1.54) is 35.2 Å². The third kappa shape index (κ3) is 4.30. The van der Waals surface area contributed by atoms with Gasteiger partial charge in [0.15, 0.2) is 0 Å². The minimum absolute atomic E-state index is 0.230. The van der Waals surface area contributed by atoms with Crippen molar-refractivity contribution in [3.8, 4) is 5.69 Å². The van der Waals surface area contributed by atoms with Crippen LogP contribution in [0.25, 0.3) is 5.69 Å². The molecule has 4 heterocycles. The maximum atomic E-state index is 13.0. The van der Waals surface area contributed by atoms with Crippen molar-refractivity contribution >= 4 is 5.91 Å². The number of carbonyl (C=O) groups is 1. The van der Waals surface area contributed by atoms with Gasteiger partial charge < -0.3 is 14.8 Å². The highest BCUT2D eigenvalue weighted by atomic mass is 16.2. The molecular weight excluding hydrogens is 420 g/mol. The molecule has 0 saturated carbocycles. The Balaban J connectivity index is 1.06. The Kier molecular flexibility index (Phi) is 5.98. The molecular formula is C29H34N4O. The van der Waals surface area contributed by atoms with Crippen molar-refractivity contribution in [1.29, 1.82) is 0 Å². The molecule has 1 amide bonds. The minimum Gasteiger partial charge on any atom is -0.330 e. The lowest BCUT2D eigenvalue weighted by Gasteiger charge is -2.32. The number of piperidine rings is 2. The van der Waals surface area contributed by atoms with Crippen molar-refractivity contribution in [3.05, 3.63) is 89.2 Å². The molecule has 0 spiro atoms. The average Bonchev–Trinajstić information content (AvgIpc) is 3.54. The van der Waals surface area contributed by atoms with Gasteiger partial charge in [-0.3, -0.25) is 9.69 Å². The zero-order valence-corrected chi connectivity index (χ0v) is 19.8. The molecule has 34 heavy (non-hydrogen) atoms. The first-order chi connectivity index (χ1) is 16.7. The third-order valence-corrected chi connectivity index (χ3v) is 7.98. The van der Waals surface area contributed by atoms with Gasteiger partial charge in [-0.2, -0.15) is 0 Å². The van der Waals surface area contributed by atoms with Gasteiger partial charge in [0.05, 0.1) is 0 Å². The first kappa shape index (κ1) is 21.6. The summed E-state index contributed by atoms with van der Waals surface area (Å²) in [6.45, 7) is 6.06. The zero-order valence-electron chi connectivity index (χ0n) is 19.8. The summed E-state index contributed by atoms with van der Waals surface area (Å²) in [4.78, 5) is 17.7. The van der Waals surface area contributed by atoms with Crippen LogP contribution < -0.4 is 5.32 Å². The Hall–Kier alpha value is -2.89. The molecule has 1 aromatic heterocycles. The van der Waals surface area contributed by atoms with E-state index in [4.69, 9.17) is 0 Å². The fourth-order valence-corrected chi connectivity index (χ4v) is 5.97. The van der Waals surface area contributed by atoms with Crippen molar-refractivity contribution in [2.75, 3.05) is 26.2 Å². The second kappa shape index (κ2) is 9.40. The summed E-state index contributed by atoms with van der Waals surface area (Å²) < 4.78 is 2.14. The fourth-order valence-electron chi connectivity index (χ4n) is 5.97. The van der Waals surface area contributed by atoms with Crippen molar-refractivity contribution in [1.82, 2.24) is 19.7 Å². The summed E-state index contributed by atoms with van der Waals surface area (Å²) in [5.41, 5.74) is 6.17. The molecule has 2 aromatic carbocycles. The van der Waals surface area contributed by atoms with Gasteiger partial charge in [0.1, 0.15) is 0 Å². The van der Waals surface area contributed by atoms with Crippen LogP contribution in [0.1, 0.15) is 58.6 Å². The predicted molar refractivity (Wildman–Crippen MR) is 135 cm³/mol. The van der Waals surface area contributed by atoms with Crippen LogP contribution in [0.4, 0.5) is 0 Å². The van der Waals surface area contributed by atoms with Crippen LogP contribution in [0.2, 0.25) is 0 Å². The number of amides is 1. The van der Waals surface area contributed by atoms with Gasteiger partial charge in [0.2, 0.25) is 0 Å². The molecule has 2 saturated heterocycles. The Labute approximate surface area is 202 Å². The quantitative estimate of drug-likeness (QED) is 0.614. The van der Waals surface area contributed by atoms with Crippen molar-refractivity contribution in [2.24, 2.45) is 0 Å². The number of aromatic nitrogens is 1. The molecule has 6 rings (SSSR count). The number of likely N-dealkylation sites (tertiary alicyclic amines) is 1. The number of rotatable bonds is 5. The lowest BCUT2D eigenvalue weighted by molar-refractivity contribution is 0.0674. The fraction of sp³-hybridized carbons (Fsp3) is 0.414. The van der Waals surface area contributed by atoms with Crippen LogP contribution >= 0.6 is 0 Å². The zero-order chi connectivity index (χ0) is 22.9. The highest BCUT2D eigenvalue weighted by Gasteiger charge is 2.34. The van der Waals surface area contributed by atoms with E-state index in [0.29, 0.717) is 12.0 Å². The van der Waals surface area contributed by atoms with E-state index in [1.54, 1.807) is 0 Å². The topological polar surface area (TPSA) is 40.5 Å². The SMILES string of the molecule is O=C1c2ccc(C3CCN(Cc4ccc(-n5cccc5)cc4)CC3)cc2CN1C1CCCNC1. The molecule has 1 unspecified atom stereocenters. The van der Waals surface area contributed by atoms with Gasteiger partial charge in [-0.25, -0.2) is 0 Å². The Bertz CT molecular complexity index is 1120. The highest BCUT2D eigenvalue weighted by Crippen LogP contribution is 2.33. The number of benzene rings is 2. The normalized spacial score (nSPS) is 21.7. The number of nitrogens with one attached hydrogen (secondary N) is 1. The molecule has 5 nitrogen and oxygen atoms in total. The molecule has 2 fully saturated rings. The lowest BCUT2D eigenvalue weighted by Crippen LogP contribution is -2.46. The number of carbonyl (C=O) groups excluding carboxylic acids is 1. The number of hydrogen-bond donors (Lipinski definition) is 1. The molecule has 1 N–H and O–H groups in total. The predicted octanol–water partition coefficient (Wildman–Crippen LogP) is 4.56. The summed E-state index contributed by atoms with van der Waals surface area (Å²) in [6, 6.07) is 20.0. The molecule has 3 aliphatic heterocycles. The van der Waals surface area contributed by atoms with E-state index in [0.717, 1.165) is 57.7 Å². The van der Waals surface area contributed by atoms with E-state index >= 15 is 0 Å². The van der Waals surface area contributed by atoms with Crippen LogP contribution in [-0.4, -0.2) is 52.5 Å². The van der Waals surface area contributed by atoms with Crippen molar-refractivity contribution in [3.63, 3.8) is 0 Å². The molecule has 1 atom stereocenters. The van der Waals surface area contributed by atoms with Gasteiger partial charge >= 0.3 is 0 Å². The lowest BCUT2D eigenvalue weighted by atomic mass is 9.87. The van der Waals surface area contributed by atoms with E-state index < -0.39 is 0 Å². The maximum absolute atomic E-state index is 13.0. The van der Waals surface area contributed by atoms with Gasteiger partial charge in [-0.1, -0.05) is 24.3 Å². The first-order valence-electron chi connectivity index (χ1n) is 12.8. The van der Waals surface area contributed by atoms with Crippen LogP contribution in [0, 0.1) is 0 Å². The smallest absolute Gasteiger partial charge is 0.254 e. The maximum Gasteiger partial charge on any atom is 0.254 e. The number of nitrogens with zero attached hydrogens (tertiary/aromatic N) is 3. The van der Waals surface area contributed by atoms with Crippen molar-refractivity contribution in [2.45, 2.75) is 50.7 Å². The molecule has 0 aliphatic carbocycles. The van der Waals surface area contributed by atoms with Gasteiger partial charge in [0.25, 0.3) is 5.91 Å². The Morgan fingerprint density at radius 3 is 2.47 bits per heavy atom. The summed E-state index contributed by atoms with van der Waals surface area (Å²) in [6.07, 6.45) is 8.81. The van der Waals surface area contributed by atoms with E-state index in [1.807, 2.05) is 0 Å². The van der Waals surface area contributed by atoms with Crippen LogP contribution in [-0.2, 0) is 13.1 Å². The average molecular weight is 455 g/mol. The number of hydrogen-bond acceptors (Lipinski definition) is 3. The summed E-state index contributed by atoms with van der Waals surface area (Å²) in [5.74, 6) is 0.825. The van der Waals surface area contributed by atoms with E-state index in [2.05, 4.69) is 86.7 Å². The van der Waals surface area contributed by atoms with Crippen LogP contribution in [0.15, 0.2) is 67.0 Å².